The summed E-state index contributed by atoms with van der Waals surface area (Å²) < 4.78 is 7.64. The molecule has 0 amide bonds. The van der Waals surface area contributed by atoms with Crippen molar-refractivity contribution in [3.8, 4) is 39.4 Å². The van der Waals surface area contributed by atoms with Gasteiger partial charge in [-0.05, 0) is 171 Å². The number of allylic oxidation sites excluding steroid dienone is 1. The van der Waals surface area contributed by atoms with E-state index in [0.717, 1.165) is 106 Å². The highest BCUT2D eigenvalue weighted by Gasteiger charge is 2.29. The Bertz CT molecular complexity index is 3020. The maximum Gasteiger partial charge on any atom is 0.189 e. The maximum atomic E-state index is 12.5. The summed E-state index contributed by atoms with van der Waals surface area (Å²) in [5.41, 5.74) is 23.0. The Labute approximate surface area is 394 Å². The molecule has 11 rings (SSSR count). The van der Waals surface area contributed by atoms with Gasteiger partial charge in [0.2, 0.25) is 0 Å². The first-order valence-corrected chi connectivity index (χ1v) is 23.9. The van der Waals surface area contributed by atoms with Crippen LogP contribution in [0.2, 0.25) is 0 Å². The lowest BCUT2D eigenvalue weighted by molar-refractivity contribution is 0.0971. The number of fused-ring (bicyclic) bond motifs is 8. The number of hydrogen-bond donors (Lipinski definition) is 0. The Morgan fingerprint density at radius 1 is 0.531 bits per heavy atom. The minimum Gasteiger partial charge on any atom is -0.497 e. The molecule has 0 fully saturated rings. The summed E-state index contributed by atoms with van der Waals surface area (Å²) in [6.07, 6.45) is 10.7. The first-order valence-electron chi connectivity index (χ1n) is 22.3. The summed E-state index contributed by atoms with van der Waals surface area (Å²) in [4.78, 5) is 29.3. The van der Waals surface area contributed by atoms with E-state index in [-0.39, 0.29) is 5.78 Å². The normalized spacial score (nSPS) is 14.9. The summed E-state index contributed by atoms with van der Waals surface area (Å²) in [5.74, 6) is 1.40. The average Bonchev–Trinajstić information content (AvgIpc) is 3.29. The van der Waals surface area contributed by atoms with Crippen LogP contribution in [0, 0.1) is 20.8 Å². The molecule has 0 unspecified atom stereocenters. The van der Waals surface area contributed by atoms with E-state index in [4.69, 9.17) is 9.72 Å². The van der Waals surface area contributed by atoms with Crippen LogP contribution in [-0.2, 0) is 38.5 Å². The van der Waals surface area contributed by atoms with Gasteiger partial charge in [-0.25, -0.2) is 4.98 Å². The third kappa shape index (κ3) is 9.14. The molecule has 7 aromatic rings. The van der Waals surface area contributed by atoms with Gasteiger partial charge in [0.05, 0.1) is 18.5 Å². The molecule has 0 bridgehead atoms. The van der Waals surface area contributed by atoms with E-state index in [1.165, 1.54) is 72.3 Å². The van der Waals surface area contributed by atoms with Gasteiger partial charge in [0.25, 0.3) is 0 Å². The van der Waals surface area contributed by atoms with E-state index < -0.39 is 0 Å². The monoisotopic (exact) mass is 967 g/mol. The fraction of sp³-hybridized carbons (Fsp3) is 0.224. The fourth-order valence-corrected chi connectivity index (χ4v) is 10.6. The number of ketones is 2. The molecule has 4 aliphatic rings. The molecular formula is C58H51Br2NO3. The third-order valence-electron chi connectivity index (χ3n) is 12.9. The second-order valence-corrected chi connectivity index (χ2v) is 19.3. The first kappa shape index (κ1) is 43.6. The molecule has 0 saturated carbocycles. The number of Topliss-reactive ketones (excluding diaryl/α,β-unsaturated/α-hetero) is 2. The lowest BCUT2D eigenvalue weighted by atomic mass is 9.78. The molecule has 4 aliphatic carbocycles. The molecule has 0 saturated heterocycles. The standard InChI is InChI=1S/C29H24BrNO.C18H15BrO.C11H12O/c1-17-6-10-23-18(14-17)7-11-25-27(20-4-3-5-21(30)15-20)26-12-8-19-16-22(32-2)9-13-24(19)29(26)31-28(23)25;1-12-5-8-17-14(9-12)6-7-15(18(17)20)10-13-3-2-4-16(19)11-13;1-8-5-6-10-9(7-8)3-2-4-11(10)12/h3-6,9-10,13-16H,7-8,11-12H2,1-2H3;2-5,8-11H,6-7H2,1H3;5-7H,2-4H2,1H3/b;15-10+;. The largest absolute Gasteiger partial charge is 0.497 e. The van der Waals surface area contributed by atoms with Crippen molar-refractivity contribution in [2.45, 2.75) is 78.6 Å². The van der Waals surface area contributed by atoms with Crippen LogP contribution >= 0.6 is 31.9 Å². The van der Waals surface area contributed by atoms with Gasteiger partial charge in [0.15, 0.2) is 11.6 Å². The number of halogens is 2. The van der Waals surface area contributed by atoms with Crippen LogP contribution in [0.3, 0.4) is 0 Å². The van der Waals surface area contributed by atoms with Crippen molar-refractivity contribution >= 4 is 49.5 Å². The molecule has 320 valence electrons. The highest BCUT2D eigenvalue weighted by Crippen LogP contribution is 2.46. The quantitative estimate of drug-likeness (QED) is 0.166. The summed E-state index contributed by atoms with van der Waals surface area (Å²) in [6, 6.07) is 42.2. The summed E-state index contributed by atoms with van der Waals surface area (Å²) in [6.45, 7) is 6.31. The van der Waals surface area contributed by atoms with Crippen molar-refractivity contribution in [2.75, 3.05) is 7.11 Å². The third-order valence-corrected chi connectivity index (χ3v) is 13.9. The van der Waals surface area contributed by atoms with Gasteiger partial charge in [-0.15, -0.1) is 0 Å². The molecule has 0 spiro atoms. The van der Waals surface area contributed by atoms with Crippen molar-refractivity contribution in [2.24, 2.45) is 0 Å². The van der Waals surface area contributed by atoms with Gasteiger partial charge < -0.3 is 4.74 Å². The van der Waals surface area contributed by atoms with Crippen LogP contribution in [0.4, 0.5) is 0 Å². The Hall–Kier alpha value is -5.69. The topological polar surface area (TPSA) is 56.3 Å². The minimum absolute atomic E-state index is 0.172. The maximum absolute atomic E-state index is 12.5. The van der Waals surface area contributed by atoms with Gasteiger partial charge in [0, 0.05) is 43.2 Å². The van der Waals surface area contributed by atoms with Gasteiger partial charge in [0.1, 0.15) is 5.75 Å². The van der Waals surface area contributed by atoms with E-state index in [1.807, 2.05) is 54.6 Å². The van der Waals surface area contributed by atoms with Crippen LogP contribution in [0.5, 0.6) is 5.75 Å². The number of aryl methyl sites for hydroxylation is 7. The van der Waals surface area contributed by atoms with Gasteiger partial charge in [-0.2, -0.15) is 0 Å². The highest BCUT2D eigenvalue weighted by atomic mass is 79.9. The SMILES string of the molecule is COc1ccc2c(c1)CCc1c-2nc2c(c1-c1cccc(Br)c1)CCc1cc(C)ccc1-2.Cc1ccc2c(c1)CC/C(=C\c1cccc(Br)c1)C2=O.Cc1ccc2c(c1)CCCC2=O. The number of carbonyl (C=O) groups is 2. The highest BCUT2D eigenvalue weighted by molar-refractivity contribution is 9.10. The van der Waals surface area contributed by atoms with E-state index in [9.17, 15) is 9.59 Å². The second kappa shape index (κ2) is 18.8. The van der Waals surface area contributed by atoms with E-state index >= 15 is 0 Å². The number of benzene rings is 6. The number of hydrogen-bond acceptors (Lipinski definition) is 4. The zero-order valence-electron chi connectivity index (χ0n) is 36.9. The summed E-state index contributed by atoms with van der Waals surface area (Å²) in [7, 11) is 1.73. The van der Waals surface area contributed by atoms with Crippen molar-refractivity contribution < 1.29 is 14.3 Å². The van der Waals surface area contributed by atoms with Crippen LogP contribution in [0.15, 0.2) is 136 Å². The van der Waals surface area contributed by atoms with E-state index in [1.54, 1.807) is 7.11 Å². The molecule has 1 aromatic heterocycles. The van der Waals surface area contributed by atoms with Gasteiger partial charge >= 0.3 is 0 Å². The number of aromatic nitrogens is 1. The number of carbonyl (C=O) groups excluding carboxylic acids is 2. The molecule has 0 atom stereocenters. The van der Waals surface area contributed by atoms with E-state index in [2.05, 4.69) is 125 Å². The number of nitrogens with zero attached hydrogens (tertiary/aromatic N) is 1. The number of methoxy groups -OCH3 is 1. The van der Waals surface area contributed by atoms with Crippen LogP contribution in [-0.4, -0.2) is 23.7 Å². The summed E-state index contributed by atoms with van der Waals surface area (Å²) in [5, 5.41) is 0. The van der Waals surface area contributed by atoms with Gasteiger partial charge in [-0.3, -0.25) is 9.59 Å². The number of pyridine rings is 1. The first-order chi connectivity index (χ1) is 31.0. The smallest absolute Gasteiger partial charge is 0.189 e. The zero-order valence-corrected chi connectivity index (χ0v) is 40.1. The zero-order chi connectivity index (χ0) is 44.5. The average molecular weight is 970 g/mol. The molecule has 0 aliphatic heterocycles. The Balaban J connectivity index is 0.000000137. The van der Waals surface area contributed by atoms with Crippen molar-refractivity contribution in [3.05, 3.63) is 203 Å². The molecule has 1 heterocycles. The molecule has 6 heteroatoms. The second-order valence-electron chi connectivity index (χ2n) is 17.5. The molecular weight excluding hydrogens is 918 g/mol. The summed E-state index contributed by atoms with van der Waals surface area (Å²) >= 11 is 7.16. The predicted molar refractivity (Wildman–Crippen MR) is 269 cm³/mol. The molecule has 64 heavy (non-hydrogen) atoms. The van der Waals surface area contributed by atoms with E-state index in [0.29, 0.717) is 5.78 Å². The van der Waals surface area contributed by atoms with Crippen molar-refractivity contribution in [1.29, 1.82) is 0 Å². The fourth-order valence-electron chi connectivity index (χ4n) is 9.82. The molecule has 0 radical (unpaired) electrons. The van der Waals surface area contributed by atoms with Crippen LogP contribution in [0.25, 0.3) is 39.7 Å². The molecule has 4 nitrogen and oxygen atoms in total. The Morgan fingerprint density at radius 2 is 1.08 bits per heavy atom. The minimum atomic E-state index is 0.172. The Morgan fingerprint density at radius 3 is 1.72 bits per heavy atom. The number of ether oxygens (including phenoxy) is 1. The van der Waals surface area contributed by atoms with Crippen LogP contribution in [0.1, 0.15) is 95.6 Å². The molecule has 6 aromatic carbocycles. The lowest BCUT2D eigenvalue weighted by Crippen LogP contribution is -2.15. The lowest BCUT2D eigenvalue weighted by Gasteiger charge is -2.29. The predicted octanol–water partition coefficient (Wildman–Crippen LogP) is 14.8. The van der Waals surface area contributed by atoms with Crippen molar-refractivity contribution in [3.63, 3.8) is 0 Å². The van der Waals surface area contributed by atoms with Crippen LogP contribution < -0.4 is 4.74 Å². The van der Waals surface area contributed by atoms with Crippen molar-refractivity contribution in [1.82, 2.24) is 4.98 Å². The number of rotatable bonds is 3. The Kier molecular flexibility index (Phi) is 12.8. The molecule has 0 N–H and O–H groups in total. The van der Waals surface area contributed by atoms with Gasteiger partial charge in [-0.1, -0.05) is 127 Å².